The van der Waals surface area contributed by atoms with E-state index in [1.807, 2.05) is 0 Å². The summed E-state index contributed by atoms with van der Waals surface area (Å²) in [4.78, 5) is 21.8. The molecule has 0 aliphatic carbocycles. The Hall–Kier alpha value is -2.11. The average Bonchev–Trinajstić information content (AvgIpc) is 2.28. The first kappa shape index (κ1) is 11.4. The fourth-order valence-electron chi connectivity index (χ4n) is 1.47. The lowest BCUT2D eigenvalue weighted by molar-refractivity contribution is -0.137. The van der Waals surface area contributed by atoms with Crippen molar-refractivity contribution in [1.29, 1.82) is 0 Å². The summed E-state index contributed by atoms with van der Waals surface area (Å²) in [5.41, 5.74) is -2.90. The van der Waals surface area contributed by atoms with Crippen molar-refractivity contribution in [3.63, 3.8) is 0 Å². The summed E-state index contributed by atoms with van der Waals surface area (Å²) in [5.74, 6) is -0.699. The van der Waals surface area contributed by atoms with Gasteiger partial charge in [0.2, 0.25) is 5.43 Å². The minimum absolute atomic E-state index is 0.0973. The number of rotatable bonds is 1. The van der Waals surface area contributed by atoms with Crippen LogP contribution in [0.4, 0.5) is 13.2 Å². The van der Waals surface area contributed by atoms with Gasteiger partial charge in [0.15, 0.2) is 5.75 Å². The Morgan fingerprint density at radius 3 is 1.88 bits per heavy atom. The van der Waals surface area contributed by atoms with E-state index >= 15 is 0 Å². The standard InChI is InChI=1S/C11H5F3O3/c12-11(13,14)6-3-1-5(2-4-6)7-8(15)10(17)9(7)16/h1-4,15H. The first-order valence-corrected chi connectivity index (χ1v) is 4.52. The van der Waals surface area contributed by atoms with E-state index in [-0.39, 0.29) is 11.1 Å². The molecule has 0 aliphatic rings. The van der Waals surface area contributed by atoms with Crippen molar-refractivity contribution in [1.82, 2.24) is 0 Å². The van der Waals surface area contributed by atoms with E-state index in [1.165, 1.54) is 0 Å². The molecule has 6 heteroatoms. The van der Waals surface area contributed by atoms with Gasteiger partial charge < -0.3 is 5.11 Å². The Balaban J connectivity index is 2.45. The summed E-state index contributed by atoms with van der Waals surface area (Å²) < 4.78 is 36.7. The Labute approximate surface area is 92.4 Å². The van der Waals surface area contributed by atoms with E-state index in [1.54, 1.807) is 0 Å². The average molecular weight is 242 g/mol. The summed E-state index contributed by atoms with van der Waals surface area (Å²) >= 11 is 0. The van der Waals surface area contributed by atoms with Crippen LogP contribution in [0.3, 0.4) is 0 Å². The molecule has 0 bridgehead atoms. The Kier molecular flexibility index (Phi) is 2.30. The predicted molar refractivity (Wildman–Crippen MR) is 53.5 cm³/mol. The number of alkyl halides is 3. The summed E-state index contributed by atoms with van der Waals surface area (Å²) in [6, 6.07) is 3.65. The molecule has 0 aliphatic heterocycles. The molecule has 0 saturated heterocycles. The number of benzene rings is 1. The minimum Gasteiger partial charge on any atom is -0.503 e. The van der Waals surface area contributed by atoms with Gasteiger partial charge in [0.05, 0.1) is 11.1 Å². The van der Waals surface area contributed by atoms with Crippen molar-refractivity contribution in [2.24, 2.45) is 0 Å². The molecule has 0 aromatic heterocycles. The summed E-state index contributed by atoms with van der Waals surface area (Å²) in [7, 11) is 0. The SMILES string of the molecule is O=c1c(O)c(-c2ccc(C(F)(F)F)cc2)c1=O. The molecular weight excluding hydrogens is 237 g/mol. The van der Waals surface area contributed by atoms with Gasteiger partial charge in [-0.15, -0.1) is 0 Å². The van der Waals surface area contributed by atoms with E-state index in [4.69, 9.17) is 5.11 Å². The highest BCUT2D eigenvalue weighted by molar-refractivity contribution is 5.73. The zero-order valence-corrected chi connectivity index (χ0v) is 8.21. The molecule has 0 spiro atoms. The van der Waals surface area contributed by atoms with Crippen LogP contribution in [0.1, 0.15) is 5.56 Å². The zero-order chi connectivity index (χ0) is 12.8. The highest BCUT2D eigenvalue weighted by atomic mass is 19.4. The fourth-order valence-corrected chi connectivity index (χ4v) is 1.47. The Bertz CT molecular complexity index is 631. The third-order valence-electron chi connectivity index (χ3n) is 2.39. The molecule has 2 aromatic carbocycles. The molecular formula is C11H5F3O3. The van der Waals surface area contributed by atoms with Crippen molar-refractivity contribution < 1.29 is 18.3 Å². The third-order valence-corrected chi connectivity index (χ3v) is 2.39. The molecule has 0 amide bonds. The molecule has 0 radical (unpaired) electrons. The predicted octanol–water partition coefficient (Wildman–Crippen LogP) is 1.67. The minimum atomic E-state index is -4.46. The van der Waals surface area contributed by atoms with E-state index in [2.05, 4.69) is 0 Å². The van der Waals surface area contributed by atoms with Crippen LogP contribution in [0.25, 0.3) is 11.1 Å². The topological polar surface area (TPSA) is 54.4 Å². The normalized spacial score (nSPS) is 11.9. The fraction of sp³-hybridized carbons (Fsp3) is 0.0909. The number of aromatic hydroxyl groups is 1. The largest absolute Gasteiger partial charge is 0.503 e. The molecule has 0 heterocycles. The smallest absolute Gasteiger partial charge is 0.416 e. The maximum atomic E-state index is 12.2. The van der Waals surface area contributed by atoms with Crippen molar-refractivity contribution in [2.75, 3.05) is 0 Å². The maximum Gasteiger partial charge on any atom is 0.416 e. The molecule has 0 fully saturated rings. The molecule has 3 nitrogen and oxygen atoms in total. The lowest BCUT2D eigenvalue weighted by atomic mass is 9.99. The second-order valence-electron chi connectivity index (χ2n) is 3.46. The van der Waals surface area contributed by atoms with Crippen LogP contribution in [0.2, 0.25) is 0 Å². The molecule has 1 N–H and O–H groups in total. The van der Waals surface area contributed by atoms with Gasteiger partial charge in [-0.25, -0.2) is 0 Å². The van der Waals surface area contributed by atoms with Crippen LogP contribution in [0, 0.1) is 0 Å². The lowest BCUT2D eigenvalue weighted by Gasteiger charge is -2.09. The van der Waals surface area contributed by atoms with Crippen LogP contribution in [0.15, 0.2) is 33.9 Å². The second-order valence-corrected chi connectivity index (χ2v) is 3.46. The van der Waals surface area contributed by atoms with Gasteiger partial charge in [-0.2, -0.15) is 13.2 Å². The van der Waals surface area contributed by atoms with Gasteiger partial charge in [-0.3, -0.25) is 9.59 Å². The number of halogens is 3. The highest BCUT2D eigenvalue weighted by Crippen LogP contribution is 2.31. The monoisotopic (exact) mass is 242 g/mol. The van der Waals surface area contributed by atoms with Gasteiger partial charge in [-0.05, 0) is 17.7 Å². The third kappa shape index (κ3) is 1.71. The zero-order valence-electron chi connectivity index (χ0n) is 8.21. The molecule has 0 unspecified atom stereocenters. The molecule has 2 aromatic rings. The van der Waals surface area contributed by atoms with Gasteiger partial charge in [0.1, 0.15) is 0 Å². The molecule has 17 heavy (non-hydrogen) atoms. The maximum absolute atomic E-state index is 12.2. The molecule has 0 saturated carbocycles. The van der Waals surface area contributed by atoms with Crippen LogP contribution in [-0.2, 0) is 6.18 Å². The summed E-state index contributed by atoms with van der Waals surface area (Å²) in [5, 5.41) is 9.12. The van der Waals surface area contributed by atoms with Crippen molar-refractivity contribution in [3.05, 3.63) is 50.3 Å². The van der Waals surface area contributed by atoms with Crippen LogP contribution < -0.4 is 10.9 Å². The number of hydrogen-bond donors (Lipinski definition) is 1. The Morgan fingerprint density at radius 1 is 0.941 bits per heavy atom. The summed E-state index contributed by atoms with van der Waals surface area (Å²) in [6.45, 7) is 0. The molecule has 0 atom stereocenters. The van der Waals surface area contributed by atoms with Gasteiger partial charge in [-0.1, -0.05) is 12.1 Å². The van der Waals surface area contributed by atoms with E-state index in [0.29, 0.717) is 0 Å². The van der Waals surface area contributed by atoms with Crippen LogP contribution in [-0.4, -0.2) is 5.11 Å². The van der Waals surface area contributed by atoms with Gasteiger partial charge in [0.25, 0.3) is 5.43 Å². The van der Waals surface area contributed by atoms with E-state index in [9.17, 15) is 22.8 Å². The Morgan fingerprint density at radius 2 is 1.47 bits per heavy atom. The van der Waals surface area contributed by atoms with Crippen molar-refractivity contribution >= 4 is 0 Å². The van der Waals surface area contributed by atoms with Crippen LogP contribution in [0.5, 0.6) is 5.75 Å². The second kappa shape index (κ2) is 3.44. The first-order chi connectivity index (χ1) is 7.82. The first-order valence-electron chi connectivity index (χ1n) is 4.52. The van der Waals surface area contributed by atoms with E-state index in [0.717, 1.165) is 24.3 Å². The lowest BCUT2D eigenvalue weighted by Crippen LogP contribution is -2.31. The molecule has 2 rings (SSSR count). The van der Waals surface area contributed by atoms with E-state index < -0.39 is 28.3 Å². The highest BCUT2D eigenvalue weighted by Gasteiger charge is 2.30. The quantitative estimate of drug-likeness (QED) is 0.774. The van der Waals surface area contributed by atoms with Gasteiger partial charge >= 0.3 is 6.18 Å². The van der Waals surface area contributed by atoms with Crippen molar-refractivity contribution in [2.45, 2.75) is 6.18 Å². The van der Waals surface area contributed by atoms with Gasteiger partial charge in [0, 0.05) is 0 Å². The summed E-state index contributed by atoms with van der Waals surface area (Å²) in [6.07, 6.45) is -4.46. The van der Waals surface area contributed by atoms with Crippen LogP contribution >= 0.6 is 0 Å². The van der Waals surface area contributed by atoms with Crippen molar-refractivity contribution in [3.8, 4) is 16.9 Å². The number of hydrogen-bond acceptors (Lipinski definition) is 3. The molecule has 88 valence electrons.